The lowest BCUT2D eigenvalue weighted by atomic mass is 10.6. The van der Waals surface area contributed by atoms with Gasteiger partial charge >= 0.3 is 5.97 Å². The summed E-state index contributed by atoms with van der Waals surface area (Å²) in [5, 5.41) is 0. The van der Waals surface area contributed by atoms with E-state index in [9.17, 15) is 4.79 Å². The van der Waals surface area contributed by atoms with Crippen LogP contribution in [0, 0.1) is 0 Å². The zero-order chi connectivity index (χ0) is 8.97. The molecule has 74 valence electrons. The third-order valence-electron chi connectivity index (χ3n) is 1.44. The van der Waals surface area contributed by atoms with Gasteiger partial charge in [0, 0.05) is 0 Å². The zero-order valence-electron chi connectivity index (χ0n) is 7.74. The Morgan fingerprint density at radius 1 is 1.62 bits per heavy atom. The monoisotopic (exact) mass is 248 g/mol. The molecule has 0 N–H and O–H groups in total. The second-order valence-corrected chi connectivity index (χ2v) is 2.56. The van der Waals surface area contributed by atoms with Crippen molar-refractivity contribution in [3.63, 3.8) is 0 Å². The van der Waals surface area contributed by atoms with Crippen LogP contribution < -0.4 is 21.5 Å². The van der Waals surface area contributed by atoms with Gasteiger partial charge in [-0.15, -0.1) is 0 Å². The van der Waals surface area contributed by atoms with Gasteiger partial charge < -0.3 is 21.7 Å². The maximum atomic E-state index is 11.0. The Kier molecular flexibility index (Phi) is 5.37. The van der Waals surface area contributed by atoms with Crippen molar-refractivity contribution in [3.8, 4) is 0 Å². The Morgan fingerprint density at radius 2 is 2.31 bits per heavy atom. The molecule has 0 aromatic carbocycles. The van der Waals surface area contributed by atoms with Crippen molar-refractivity contribution >= 4 is 5.97 Å². The van der Waals surface area contributed by atoms with Gasteiger partial charge in [-0.1, -0.05) is 0 Å². The van der Waals surface area contributed by atoms with Crippen molar-refractivity contribution in [2.75, 3.05) is 6.61 Å². The number of carbonyl (C=O) groups excluding carboxylic acids is 1. The summed E-state index contributed by atoms with van der Waals surface area (Å²) in [4.78, 5) is 11.0. The van der Waals surface area contributed by atoms with Crippen LogP contribution in [0.2, 0.25) is 0 Å². The first-order valence-corrected chi connectivity index (χ1v) is 3.89. The van der Waals surface area contributed by atoms with Gasteiger partial charge in [-0.25, -0.2) is 13.9 Å². The van der Waals surface area contributed by atoms with Crippen LogP contribution in [-0.2, 0) is 23.1 Å². The van der Waals surface area contributed by atoms with E-state index in [-0.39, 0.29) is 29.5 Å². The van der Waals surface area contributed by atoms with Crippen molar-refractivity contribution in [2.24, 2.45) is 7.05 Å². The lowest BCUT2D eigenvalue weighted by Gasteiger charge is -1.97. The van der Waals surface area contributed by atoms with E-state index in [1.54, 1.807) is 11.5 Å². The van der Waals surface area contributed by atoms with Crippen LogP contribution >= 0.6 is 0 Å². The maximum absolute atomic E-state index is 11.0. The number of imidazole rings is 1. The number of aryl methyl sites for hydroxylation is 1. The van der Waals surface area contributed by atoms with Crippen molar-refractivity contribution in [1.29, 1.82) is 0 Å². The molecule has 0 aliphatic rings. The molecule has 13 heavy (non-hydrogen) atoms. The summed E-state index contributed by atoms with van der Waals surface area (Å²) in [7, 11) is 1.90. The summed E-state index contributed by atoms with van der Waals surface area (Å²) in [6.45, 7) is 2.52. The summed E-state index contributed by atoms with van der Waals surface area (Å²) in [6.07, 6.45) is 5.53. The van der Waals surface area contributed by atoms with Crippen LogP contribution in [0.15, 0.2) is 18.7 Å². The SMILES string of the molecule is CCOC(=O)Cn1cc[n+](C)c1.[Br-]. The van der Waals surface area contributed by atoms with Gasteiger partial charge in [0.1, 0.15) is 12.4 Å². The van der Waals surface area contributed by atoms with Gasteiger partial charge in [-0.2, -0.15) is 0 Å². The molecule has 0 spiro atoms. The van der Waals surface area contributed by atoms with E-state index in [1.165, 1.54) is 0 Å². The largest absolute Gasteiger partial charge is 1.00 e. The molecule has 0 saturated heterocycles. The molecule has 0 aliphatic carbocycles. The summed E-state index contributed by atoms with van der Waals surface area (Å²) in [6, 6.07) is 0. The van der Waals surface area contributed by atoms with E-state index in [0.717, 1.165) is 0 Å². The third-order valence-corrected chi connectivity index (χ3v) is 1.44. The number of rotatable bonds is 3. The molecule has 0 radical (unpaired) electrons. The van der Waals surface area contributed by atoms with Gasteiger partial charge in [-0.3, -0.25) is 0 Å². The van der Waals surface area contributed by atoms with Gasteiger partial charge in [0.15, 0.2) is 6.54 Å². The van der Waals surface area contributed by atoms with Crippen molar-refractivity contribution < 1.29 is 31.1 Å². The summed E-state index contributed by atoms with van der Waals surface area (Å²) < 4.78 is 8.44. The first-order chi connectivity index (χ1) is 5.72. The van der Waals surface area contributed by atoms with E-state index < -0.39 is 0 Å². The lowest BCUT2D eigenvalue weighted by Crippen LogP contribution is -3.00. The third kappa shape index (κ3) is 4.07. The smallest absolute Gasteiger partial charge is 0.348 e. The van der Waals surface area contributed by atoms with E-state index in [0.29, 0.717) is 6.61 Å². The second-order valence-electron chi connectivity index (χ2n) is 2.56. The molecule has 1 rings (SSSR count). The van der Waals surface area contributed by atoms with Gasteiger partial charge in [0.25, 0.3) is 0 Å². The van der Waals surface area contributed by atoms with E-state index in [1.807, 2.05) is 30.3 Å². The Balaban J connectivity index is 0.00000144. The summed E-state index contributed by atoms with van der Waals surface area (Å²) in [5.74, 6) is -0.200. The Labute approximate surface area is 87.9 Å². The Morgan fingerprint density at radius 3 is 2.77 bits per heavy atom. The Hall–Kier alpha value is -0.840. The highest BCUT2D eigenvalue weighted by molar-refractivity contribution is 5.69. The van der Waals surface area contributed by atoms with E-state index in [4.69, 9.17) is 4.74 Å². The molecule has 0 unspecified atom stereocenters. The Bertz CT molecular complexity index is 273. The number of carbonyl (C=O) groups is 1. The van der Waals surface area contributed by atoms with E-state index >= 15 is 0 Å². The van der Waals surface area contributed by atoms with Crippen molar-refractivity contribution in [3.05, 3.63) is 18.7 Å². The average Bonchev–Trinajstić information content (AvgIpc) is 2.36. The molecule has 0 atom stereocenters. The molecule has 5 heteroatoms. The minimum atomic E-state index is -0.200. The van der Waals surface area contributed by atoms with Crippen LogP contribution in [0.3, 0.4) is 0 Å². The van der Waals surface area contributed by atoms with Crippen LogP contribution in [-0.4, -0.2) is 17.1 Å². The van der Waals surface area contributed by atoms with Gasteiger partial charge in [0.2, 0.25) is 6.33 Å². The van der Waals surface area contributed by atoms with Crippen LogP contribution in [0.25, 0.3) is 0 Å². The molecule has 0 amide bonds. The maximum Gasteiger partial charge on any atom is 0.348 e. The number of ether oxygens (including phenoxy) is 1. The lowest BCUT2D eigenvalue weighted by molar-refractivity contribution is -0.671. The molecule has 0 aliphatic heterocycles. The number of hydrogen-bond donors (Lipinski definition) is 0. The summed E-state index contributed by atoms with van der Waals surface area (Å²) in [5.41, 5.74) is 0. The van der Waals surface area contributed by atoms with E-state index in [2.05, 4.69) is 0 Å². The predicted octanol–water partition coefficient (Wildman–Crippen LogP) is -3.12. The number of aromatic nitrogens is 2. The van der Waals surface area contributed by atoms with Crippen LogP contribution in [0.4, 0.5) is 0 Å². The molecule has 0 fully saturated rings. The first kappa shape index (κ1) is 12.2. The van der Waals surface area contributed by atoms with Gasteiger partial charge in [-0.05, 0) is 6.92 Å². The fraction of sp³-hybridized carbons (Fsp3) is 0.500. The highest BCUT2D eigenvalue weighted by Gasteiger charge is 2.07. The molecule has 1 heterocycles. The molecule has 4 nitrogen and oxygen atoms in total. The molecule has 0 bridgehead atoms. The molecule has 1 aromatic heterocycles. The second kappa shape index (κ2) is 5.75. The molecular formula is C8H13BrN2O2. The highest BCUT2D eigenvalue weighted by Crippen LogP contribution is 1.86. The molecular weight excluding hydrogens is 236 g/mol. The minimum absolute atomic E-state index is 0. The first-order valence-electron chi connectivity index (χ1n) is 3.89. The number of esters is 1. The zero-order valence-corrected chi connectivity index (χ0v) is 9.32. The average molecular weight is 249 g/mol. The molecule has 0 saturated carbocycles. The number of nitrogens with zero attached hydrogens (tertiary/aromatic N) is 2. The topological polar surface area (TPSA) is 35.1 Å². The van der Waals surface area contributed by atoms with Crippen LogP contribution in [0.1, 0.15) is 6.92 Å². The fourth-order valence-corrected chi connectivity index (χ4v) is 0.951. The standard InChI is InChI=1S/C8H13N2O2.BrH/c1-3-12-8(11)6-10-5-4-9(2)7-10;/h4-5,7H,3,6H2,1-2H3;1H/q+1;/p-1. The van der Waals surface area contributed by atoms with Crippen molar-refractivity contribution in [2.45, 2.75) is 13.5 Å². The number of hydrogen-bond acceptors (Lipinski definition) is 2. The van der Waals surface area contributed by atoms with Gasteiger partial charge in [0.05, 0.1) is 13.7 Å². The normalized spacial score (nSPS) is 9.08. The fourth-order valence-electron chi connectivity index (χ4n) is 0.951. The summed E-state index contributed by atoms with van der Waals surface area (Å²) >= 11 is 0. The molecule has 1 aromatic rings. The van der Waals surface area contributed by atoms with Crippen molar-refractivity contribution in [1.82, 2.24) is 4.57 Å². The van der Waals surface area contributed by atoms with Crippen LogP contribution in [0.5, 0.6) is 0 Å². The minimum Gasteiger partial charge on any atom is -1.00 e. The highest BCUT2D eigenvalue weighted by atomic mass is 79.9. The number of halogens is 1. The predicted molar refractivity (Wildman–Crippen MR) is 42.2 cm³/mol. The quantitative estimate of drug-likeness (QED) is 0.419.